The number of unbranched alkanes of at least 4 members (excludes halogenated alkanes) is 2. The minimum atomic E-state index is -1.31. The van der Waals surface area contributed by atoms with Gasteiger partial charge in [0.05, 0.1) is 12.7 Å². The van der Waals surface area contributed by atoms with Crippen molar-refractivity contribution < 1.29 is 28.2 Å². The summed E-state index contributed by atoms with van der Waals surface area (Å²) in [5.74, 6) is -1.57. The van der Waals surface area contributed by atoms with E-state index in [4.69, 9.17) is 4.74 Å². The van der Waals surface area contributed by atoms with Crippen LogP contribution in [0, 0.1) is 11.6 Å². The highest BCUT2D eigenvalue weighted by Gasteiger charge is 2.15. The maximum atomic E-state index is 13.6. The molecule has 0 radical (unpaired) electrons. The van der Waals surface area contributed by atoms with Gasteiger partial charge in [-0.3, -0.25) is 9.59 Å². The Morgan fingerprint density at radius 1 is 1.07 bits per heavy atom. The lowest BCUT2D eigenvalue weighted by Crippen LogP contribution is -2.29. The first kappa shape index (κ1) is 23.5. The fourth-order valence-electron chi connectivity index (χ4n) is 2.83. The van der Waals surface area contributed by atoms with Gasteiger partial charge in [0, 0.05) is 36.6 Å². The number of ketones is 1. The van der Waals surface area contributed by atoms with Gasteiger partial charge in [0.25, 0.3) is 0 Å². The molecule has 7 heteroatoms. The smallest absolute Gasteiger partial charge is 0.220 e. The van der Waals surface area contributed by atoms with E-state index >= 15 is 0 Å². The van der Waals surface area contributed by atoms with Gasteiger partial charge in [-0.15, -0.1) is 0 Å². The first-order valence-electron chi connectivity index (χ1n) is 10.1. The van der Waals surface area contributed by atoms with E-state index in [2.05, 4.69) is 12.2 Å². The van der Waals surface area contributed by atoms with E-state index in [1.165, 1.54) is 0 Å². The Morgan fingerprint density at radius 2 is 1.80 bits per heavy atom. The van der Waals surface area contributed by atoms with Crippen molar-refractivity contribution in [2.75, 3.05) is 13.2 Å². The van der Waals surface area contributed by atoms with Crippen LogP contribution in [0.2, 0.25) is 0 Å². The van der Waals surface area contributed by atoms with E-state index in [-0.39, 0.29) is 30.7 Å². The van der Waals surface area contributed by atoms with Gasteiger partial charge in [0.2, 0.25) is 5.91 Å². The first-order chi connectivity index (χ1) is 14.4. The average Bonchev–Trinajstić information content (AvgIpc) is 2.73. The average molecular weight is 419 g/mol. The zero-order valence-corrected chi connectivity index (χ0v) is 17.0. The van der Waals surface area contributed by atoms with Crippen molar-refractivity contribution in [1.82, 2.24) is 5.32 Å². The third kappa shape index (κ3) is 7.55. The Balaban J connectivity index is 1.74. The van der Waals surface area contributed by atoms with Crippen LogP contribution in [0.1, 0.15) is 61.1 Å². The highest BCUT2D eigenvalue weighted by Crippen LogP contribution is 2.18. The third-order valence-electron chi connectivity index (χ3n) is 4.59. The monoisotopic (exact) mass is 419 g/mol. The van der Waals surface area contributed by atoms with Crippen LogP contribution in [0.4, 0.5) is 8.78 Å². The van der Waals surface area contributed by atoms with E-state index in [9.17, 15) is 23.5 Å². The van der Waals surface area contributed by atoms with Crippen molar-refractivity contribution in [2.45, 2.75) is 45.1 Å². The quantitative estimate of drug-likeness (QED) is 0.396. The Morgan fingerprint density at radius 3 is 2.47 bits per heavy atom. The lowest BCUT2D eigenvalue weighted by molar-refractivity contribution is -0.121. The molecule has 2 rings (SSSR count). The number of ether oxygens (including phenoxy) is 1. The number of aliphatic hydroxyl groups is 1. The number of halogens is 2. The summed E-state index contributed by atoms with van der Waals surface area (Å²) in [5, 5.41) is 12.4. The topological polar surface area (TPSA) is 75.6 Å². The number of amides is 1. The molecule has 0 spiro atoms. The predicted molar refractivity (Wildman–Crippen MR) is 109 cm³/mol. The second kappa shape index (κ2) is 12.0. The number of aliphatic hydroxyl groups excluding tert-OH is 1. The molecular weight excluding hydrogens is 392 g/mol. The summed E-state index contributed by atoms with van der Waals surface area (Å²) in [4.78, 5) is 24.2. The number of Topliss-reactive ketones (excluding diaryl/α,β-unsaturated/α-hetero) is 1. The molecule has 1 amide bonds. The summed E-state index contributed by atoms with van der Waals surface area (Å²) >= 11 is 0. The first-order valence-corrected chi connectivity index (χ1v) is 10.1. The fourth-order valence-corrected chi connectivity index (χ4v) is 2.83. The number of nitrogens with one attached hydrogen (secondary N) is 1. The number of carbonyl (C=O) groups is 2. The second-order valence-electron chi connectivity index (χ2n) is 6.99. The molecule has 0 aliphatic carbocycles. The summed E-state index contributed by atoms with van der Waals surface area (Å²) < 4.78 is 32.1. The summed E-state index contributed by atoms with van der Waals surface area (Å²) in [6, 6.07) is 9.61. The Kier molecular flexibility index (Phi) is 9.41. The maximum Gasteiger partial charge on any atom is 0.220 e. The SMILES string of the molecule is CCCCCOc1ccc(C(=O)CCC(=O)NCC(O)c2ccc(F)cc2F)cc1. The van der Waals surface area contributed by atoms with Crippen LogP contribution in [-0.2, 0) is 4.79 Å². The van der Waals surface area contributed by atoms with Crippen molar-refractivity contribution >= 4 is 11.7 Å². The Bertz CT molecular complexity index is 840. The highest BCUT2D eigenvalue weighted by atomic mass is 19.1. The lowest BCUT2D eigenvalue weighted by Gasteiger charge is -2.13. The Hall–Kier alpha value is -2.80. The van der Waals surface area contributed by atoms with Crippen LogP contribution in [-0.4, -0.2) is 29.9 Å². The van der Waals surface area contributed by atoms with Gasteiger partial charge in [0.1, 0.15) is 17.4 Å². The normalized spacial score (nSPS) is 11.7. The molecule has 162 valence electrons. The molecule has 0 aliphatic rings. The standard InChI is InChI=1S/C23H27F2NO4/c1-2-3-4-13-30-18-8-5-16(6-9-18)21(27)11-12-23(29)26-15-22(28)19-10-7-17(24)14-20(19)25/h5-10,14,22,28H,2-4,11-13,15H2,1H3,(H,26,29). The van der Waals surface area contributed by atoms with Crippen molar-refractivity contribution in [3.8, 4) is 5.75 Å². The van der Waals surface area contributed by atoms with Gasteiger partial charge >= 0.3 is 0 Å². The predicted octanol–water partition coefficient (Wildman–Crippen LogP) is 4.35. The van der Waals surface area contributed by atoms with Crippen molar-refractivity contribution in [3.63, 3.8) is 0 Å². The molecule has 0 fully saturated rings. The summed E-state index contributed by atoms with van der Waals surface area (Å²) in [7, 11) is 0. The van der Waals surface area contributed by atoms with E-state index in [0.29, 0.717) is 24.0 Å². The number of hydrogen-bond acceptors (Lipinski definition) is 4. The molecule has 0 aliphatic heterocycles. The Labute approximate surface area is 175 Å². The summed E-state index contributed by atoms with van der Waals surface area (Å²) in [5.41, 5.74) is 0.377. The molecule has 0 saturated carbocycles. The highest BCUT2D eigenvalue weighted by molar-refractivity contribution is 5.98. The number of hydrogen-bond donors (Lipinski definition) is 2. The second-order valence-corrected chi connectivity index (χ2v) is 6.99. The molecule has 0 bridgehead atoms. The fraction of sp³-hybridized carbons (Fsp3) is 0.391. The molecule has 5 nitrogen and oxygen atoms in total. The number of carbonyl (C=O) groups excluding carboxylic acids is 2. The molecule has 2 aromatic rings. The molecular formula is C23H27F2NO4. The van der Waals surface area contributed by atoms with Crippen LogP contribution in [0.3, 0.4) is 0 Å². The van der Waals surface area contributed by atoms with Crippen LogP contribution >= 0.6 is 0 Å². The third-order valence-corrected chi connectivity index (χ3v) is 4.59. The molecule has 1 atom stereocenters. The van der Waals surface area contributed by atoms with Gasteiger partial charge < -0.3 is 15.2 Å². The zero-order valence-electron chi connectivity index (χ0n) is 17.0. The molecule has 0 heterocycles. The maximum absolute atomic E-state index is 13.6. The van der Waals surface area contributed by atoms with Gasteiger partial charge in [-0.25, -0.2) is 8.78 Å². The van der Waals surface area contributed by atoms with E-state index < -0.39 is 23.6 Å². The van der Waals surface area contributed by atoms with Crippen LogP contribution in [0.25, 0.3) is 0 Å². The summed E-state index contributed by atoms with van der Waals surface area (Å²) in [6.45, 7) is 2.52. The zero-order chi connectivity index (χ0) is 21.9. The minimum absolute atomic E-state index is 0.00351. The van der Waals surface area contributed by atoms with Crippen LogP contribution < -0.4 is 10.1 Å². The molecule has 1 unspecified atom stereocenters. The molecule has 0 aromatic heterocycles. The summed E-state index contributed by atoms with van der Waals surface area (Å²) in [6.07, 6.45) is 1.83. The van der Waals surface area contributed by atoms with Crippen molar-refractivity contribution in [1.29, 1.82) is 0 Å². The number of rotatable bonds is 12. The molecule has 2 N–H and O–H groups in total. The van der Waals surface area contributed by atoms with E-state index in [1.807, 2.05) is 0 Å². The minimum Gasteiger partial charge on any atom is -0.494 e. The van der Waals surface area contributed by atoms with E-state index in [1.54, 1.807) is 24.3 Å². The van der Waals surface area contributed by atoms with Crippen LogP contribution in [0.5, 0.6) is 5.75 Å². The number of benzene rings is 2. The molecule has 2 aromatic carbocycles. The van der Waals surface area contributed by atoms with Gasteiger partial charge in [-0.2, -0.15) is 0 Å². The largest absolute Gasteiger partial charge is 0.494 e. The lowest BCUT2D eigenvalue weighted by atomic mass is 10.1. The van der Waals surface area contributed by atoms with E-state index in [0.717, 1.165) is 31.4 Å². The van der Waals surface area contributed by atoms with Gasteiger partial charge in [-0.05, 0) is 36.8 Å². The van der Waals surface area contributed by atoms with Crippen molar-refractivity contribution in [2.24, 2.45) is 0 Å². The van der Waals surface area contributed by atoms with Crippen molar-refractivity contribution in [3.05, 3.63) is 65.2 Å². The van der Waals surface area contributed by atoms with Gasteiger partial charge in [-0.1, -0.05) is 25.8 Å². The van der Waals surface area contributed by atoms with Crippen LogP contribution in [0.15, 0.2) is 42.5 Å². The molecule has 0 saturated heterocycles. The molecule has 30 heavy (non-hydrogen) atoms. The van der Waals surface area contributed by atoms with Gasteiger partial charge in [0.15, 0.2) is 5.78 Å².